The summed E-state index contributed by atoms with van der Waals surface area (Å²) in [6.45, 7) is 4.47. The fourth-order valence-corrected chi connectivity index (χ4v) is 4.18. The molecule has 0 heterocycles. The number of rotatable bonds is 28. The SMILES string of the molecule is CCCCC/C=C\C/C=C\CCCCCCCC(=O)O.CCCCC/C=C\C/C=C\CCCCCCCC(=O)O.[Ca]. The Morgan fingerprint density at radius 1 is 0.415 bits per heavy atom. The van der Waals surface area contributed by atoms with E-state index in [1.165, 1.54) is 89.9 Å². The zero-order valence-electron chi connectivity index (χ0n) is 27.0. The van der Waals surface area contributed by atoms with Gasteiger partial charge < -0.3 is 10.2 Å². The predicted octanol–water partition coefficient (Wildman–Crippen LogP) is 11.4. The Bertz CT molecular complexity index is 596. The molecule has 0 atom stereocenters. The van der Waals surface area contributed by atoms with Gasteiger partial charge in [0.2, 0.25) is 0 Å². The van der Waals surface area contributed by atoms with Gasteiger partial charge in [0.1, 0.15) is 0 Å². The first-order valence-electron chi connectivity index (χ1n) is 16.6. The minimum absolute atomic E-state index is 0. The van der Waals surface area contributed by atoms with Crippen LogP contribution in [0.3, 0.4) is 0 Å². The van der Waals surface area contributed by atoms with Gasteiger partial charge >= 0.3 is 11.9 Å². The molecule has 0 aliphatic carbocycles. The van der Waals surface area contributed by atoms with Gasteiger partial charge in [0.15, 0.2) is 0 Å². The van der Waals surface area contributed by atoms with Gasteiger partial charge in [-0.15, -0.1) is 0 Å². The molecule has 0 fully saturated rings. The van der Waals surface area contributed by atoms with Crippen molar-refractivity contribution in [3.8, 4) is 0 Å². The molecule has 2 radical (unpaired) electrons. The number of unbranched alkanes of at least 4 members (excludes halogenated alkanes) is 16. The maximum atomic E-state index is 10.3. The van der Waals surface area contributed by atoms with Crippen molar-refractivity contribution in [2.24, 2.45) is 0 Å². The Labute approximate surface area is 284 Å². The van der Waals surface area contributed by atoms with Crippen molar-refractivity contribution in [1.82, 2.24) is 0 Å². The summed E-state index contributed by atoms with van der Waals surface area (Å²) in [6.07, 6.45) is 44.6. The molecule has 0 aliphatic heterocycles. The van der Waals surface area contributed by atoms with Gasteiger partial charge in [-0.05, 0) is 77.0 Å². The maximum absolute atomic E-state index is 10.3. The Morgan fingerprint density at radius 2 is 0.683 bits per heavy atom. The molecule has 0 aromatic rings. The molecule has 0 unspecified atom stereocenters. The normalized spacial score (nSPS) is 11.4. The molecule has 234 valence electrons. The first kappa shape index (κ1) is 44.6. The molecule has 4 nitrogen and oxygen atoms in total. The Morgan fingerprint density at radius 3 is 0.976 bits per heavy atom. The third-order valence-corrected chi connectivity index (χ3v) is 6.68. The first-order chi connectivity index (χ1) is 19.5. The van der Waals surface area contributed by atoms with Crippen LogP contribution in [0.25, 0.3) is 0 Å². The molecule has 2 N–H and O–H groups in total. The summed E-state index contributed by atoms with van der Waals surface area (Å²) >= 11 is 0. The van der Waals surface area contributed by atoms with Gasteiger partial charge in [0.25, 0.3) is 0 Å². The van der Waals surface area contributed by atoms with E-state index < -0.39 is 11.9 Å². The van der Waals surface area contributed by atoms with E-state index in [2.05, 4.69) is 62.5 Å². The molecule has 0 spiro atoms. The number of carbonyl (C=O) groups is 2. The van der Waals surface area contributed by atoms with Gasteiger partial charge in [0.05, 0.1) is 0 Å². The molecule has 0 saturated heterocycles. The van der Waals surface area contributed by atoms with E-state index in [-0.39, 0.29) is 37.7 Å². The van der Waals surface area contributed by atoms with Gasteiger partial charge in [-0.25, -0.2) is 0 Å². The van der Waals surface area contributed by atoms with E-state index >= 15 is 0 Å². The summed E-state index contributed by atoms with van der Waals surface area (Å²) in [4.78, 5) is 20.6. The number of carboxylic acid groups (broad SMARTS) is 2. The molecule has 0 rings (SSSR count). The van der Waals surface area contributed by atoms with Crippen LogP contribution in [0.15, 0.2) is 48.6 Å². The van der Waals surface area contributed by atoms with E-state index in [1.54, 1.807) is 0 Å². The Balaban J connectivity index is -0.000000688. The fraction of sp³-hybridized carbons (Fsp3) is 0.722. The van der Waals surface area contributed by atoms with E-state index in [4.69, 9.17) is 10.2 Å². The van der Waals surface area contributed by atoms with E-state index in [0.717, 1.165) is 51.4 Å². The van der Waals surface area contributed by atoms with Gasteiger partial charge in [-0.2, -0.15) is 0 Å². The van der Waals surface area contributed by atoms with Crippen molar-refractivity contribution in [3.05, 3.63) is 48.6 Å². The summed E-state index contributed by atoms with van der Waals surface area (Å²) in [5.41, 5.74) is 0. The van der Waals surface area contributed by atoms with Crippen LogP contribution in [0.2, 0.25) is 0 Å². The third kappa shape index (κ3) is 49.2. The van der Waals surface area contributed by atoms with Crippen LogP contribution in [0.5, 0.6) is 0 Å². The Kier molecular flexibility index (Phi) is 44.9. The van der Waals surface area contributed by atoms with Crippen molar-refractivity contribution in [2.75, 3.05) is 0 Å². The minimum Gasteiger partial charge on any atom is -0.481 e. The number of aliphatic carboxylic acids is 2. The van der Waals surface area contributed by atoms with Crippen LogP contribution in [0, 0.1) is 0 Å². The average molecular weight is 601 g/mol. The van der Waals surface area contributed by atoms with Crippen LogP contribution in [0.1, 0.15) is 168 Å². The molecule has 0 saturated carbocycles. The smallest absolute Gasteiger partial charge is 0.303 e. The summed E-state index contributed by atoms with van der Waals surface area (Å²) in [5, 5.41) is 17.0. The van der Waals surface area contributed by atoms with Gasteiger partial charge in [0, 0.05) is 50.6 Å². The molecular weight excluding hydrogens is 536 g/mol. The maximum Gasteiger partial charge on any atom is 0.303 e. The van der Waals surface area contributed by atoms with E-state index in [9.17, 15) is 9.59 Å². The largest absolute Gasteiger partial charge is 0.481 e. The zero-order chi connectivity index (χ0) is 29.8. The van der Waals surface area contributed by atoms with Crippen LogP contribution >= 0.6 is 0 Å². The number of allylic oxidation sites excluding steroid dienone is 8. The van der Waals surface area contributed by atoms with Crippen molar-refractivity contribution in [2.45, 2.75) is 168 Å². The summed E-state index contributed by atoms with van der Waals surface area (Å²) < 4.78 is 0. The molecule has 41 heavy (non-hydrogen) atoms. The van der Waals surface area contributed by atoms with Crippen molar-refractivity contribution >= 4 is 49.7 Å². The molecule has 0 amide bonds. The van der Waals surface area contributed by atoms with Crippen LogP contribution < -0.4 is 0 Å². The summed E-state index contributed by atoms with van der Waals surface area (Å²) in [7, 11) is 0. The monoisotopic (exact) mass is 600 g/mol. The molecule has 0 aromatic carbocycles. The second kappa shape index (κ2) is 41.3. The number of carboxylic acids is 2. The molecule has 0 aliphatic rings. The predicted molar refractivity (Wildman–Crippen MR) is 180 cm³/mol. The molecule has 0 aromatic heterocycles. The molecule has 5 heteroatoms. The average Bonchev–Trinajstić information content (AvgIpc) is 2.93. The quantitative estimate of drug-likeness (QED) is 0.0532. The second-order valence-electron chi connectivity index (χ2n) is 10.7. The van der Waals surface area contributed by atoms with Gasteiger partial charge in [-0.1, -0.05) is 127 Å². The van der Waals surface area contributed by atoms with Crippen LogP contribution in [-0.2, 0) is 9.59 Å². The second-order valence-corrected chi connectivity index (χ2v) is 10.7. The van der Waals surface area contributed by atoms with Crippen LogP contribution in [0.4, 0.5) is 0 Å². The zero-order valence-corrected chi connectivity index (χ0v) is 29.2. The summed E-state index contributed by atoms with van der Waals surface area (Å²) in [6, 6.07) is 0. The summed E-state index contributed by atoms with van der Waals surface area (Å²) in [5.74, 6) is -1.34. The molecule has 0 bridgehead atoms. The Hall–Kier alpha value is -0.840. The number of hydrogen-bond donors (Lipinski definition) is 2. The van der Waals surface area contributed by atoms with E-state index in [0.29, 0.717) is 12.8 Å². The van der Waals surface area contributed by atoms with Crippen molar-refractivity contribution in [3.63, 3.8) is 0 Å². The third-order valence-electron chi connectivity index (χ3n) is 6.68. The van der Waals surface area contributed by atoms with Crippen LogP contribution in [-0.4, -0.2) is 59.9 Å². The van der Waals surface area contributed by atoms with Gasteiger partial charge in [-0.3, -0.25) is 9.59 Å². The first-order valence-corrected chi connectivity index (χ1v) is 16.6. The number of hydrogen-bond acceptors (Lipinski definition) is 2. The van der Waals surface area contributed by atoms with Crippen molar-refractivity contribution in [1.29, 1.82) is 0 Å². The fourth-order valence-electron chi connectivity index (χ4n) is 4.18. The van der Waals surface area contributed by atoms with Crippen molar-refractivity contribution < 1.29 is 19.8 Å². The minimum atomic E-state index is -0.671. The molecular formula is C36H64CaO4. The standard InChI is InChI=1S/2C18H32O2.Ca/c2*1-2-3-4-5-6-7-8-9-10-11-12-13-14-15-16-17-18(19)20;/h2*6-7,9-10H,2-5,8,11-17H2,1H3,(H,19,20);/b2*7-6-,10-9-;. The van der Waals surface area contributed by atoms with E-state index in [1.807, 2.05) is 0 Å². The topological polar surface area (TPSA) is 74.6 Å².